The predicted molar refractivity (Wildman–Crippen MR) is 134 cm³/mol. The van der Waals surface area contributed by atoms with Gasteiger partial charge in [-0.2, -0.15) is 0 Å². The number of rotatable bonds is 6. The number of carbonyl (C=O) groups is 2. The number of aryl methyl sites for hydroxylation is 2. The van der Waals surface area contributed by atoms with Crippen LogP contribution in [0.3, 0.4) is 0 Å². The SMILES string of the molecule is Cc1cccc(C(=O)O)c1N1CCCC(NC(=O)OCc2sc(-c3ccc(Cl)cc3)nc2C)C1. The molecular weight excluding hydrogens is 474 g/mol. The monoisotopic (exact) mass is 499 g/mol. The molecule has 34 heavy (non-hydrogen) atoms. The van der Waals surface area contributed by atoms with Crippen LogP contribution in [0.5, 0.6) is 0 Å². The molecule has 9 heteroatoms. The van der Waals surface area contributed by atoms with Crippen molar-refractivity contribution in [1.29, 1.82) is 0 Å². The molecule has 0 aliphatic carbocycles. The minimum atomic E-state index is -0.953. The fourth-order valence-corrected chi connectivity index (χ4v) is 5.27. The second kappa shape index (κ2) is 10.4. The Kier molecular flexibility index (Phi) is 7.38. The van der Waals surface area contributed by atoms with Crippen LogP contribution in [-0.4, -0.2) is 41.3 Å². The van der Waals surface area contributed by atoms with Gasteiger partial charge < -0.3 is 20.1 Å². The molecule has 2 aromatic carbocycles. The van der Waals surface area contributed by atoms with E-state index < -0.39 is 12.1 Å². The van der Waals surface area contributed by atoms with Crippen molar-refractivity contribution in [3.8, 4) is 10.6 Å². The zero-order valence-corrected chi connectivity index (χ0v) is 20.6. The summed E-state index contributed by atoms with van der Waals surface area (Å²) in [7, 11) is 0. The molecule has 1 amide bonds. The van der Waals surface area contributed by atoms with Gasteiger partial charge in [0.15, 0.2) is 0 Å². The first-order chi connectivity index (χ1) is 16.3. The van der Waals surface area contributed by atoms with Gasteiger partial charge in [0, 0.05) is 29.7 Å². The van der Waals surface area contributed by atoms with Crippen LogP contribution in [0.4, 0.5) is 10.5 Å². The van der Waals surface area contributed by atoms with Gasteiger partial charge in [0.25, 0.3) is 0 Å². The van der Waals surface area contributed by atoms with Crippen molar-refractivity contribution in [2.75, 3.05) is 18.0 Å². The van der Waals surface area contributed by atoms with E-state index in [9.17, 15) is 14.7 Å². The Bertz CT molecular complexity index is 1200. The molecule has 1 aliphatic rings. The highest BCUT2D eigenvalue weighted by molar-refractivity contribution is 7.15. The molecule has 7 nitrogen and oxygen atoms in total. The number of hydrogen-bond donors (Lipinski definition) is 2. The highest BCUT2D eigenvalue weighted by Crippen LogP contribution is 2.30. The highest BCUT2D eigenvalue weighted by atomic mass is 35.5. The van der Waals surface area contributed by atoms with Crippen molar-refractivity contribution in [2.24, 2.45) is 0 Å². The number of hydrogen-bond acceptors (Lipinski definition) is 6. The minimum Gasteiger partial charge on any atom is -0.478 e. The average molecular weight is 500 g/mol. The molecule has 1 fully saturated rings. The third-order valence-corrected chi connectivity index (χ3v) is 7.28. The number of amides is 1. The van der Waals surface area contributed by atoms with Crippen LogP contribution in [0.15, 0.2) is 42.5 Å². The summed E-state index contributed by atoms with van der Waals surface area (Å²) in [5, 5.41) is 14.1. The van der Waals surface area contributed by atoms with Crippen LogP contribution in [-0.2, 0) is 11.3 Å². The normalized spacial score (nSPS) is 15.7. The molecule has 2 heterocycles. The third-order valence-electron chi connectivity index (χ3n) is 5.85. The van der Waals surface area contributed by atoms with Crippen molar-refractivity contribution in [3.05, 3.63) is 69.2 Å². The average Bonchev–Trinajstić information content (AvgIpc) is 3.18. The zero-order valence-electron chi connectivity index (χ0n) is 19.0. The topological polar surface area (TPSA) is 91.8 Å². The van der Waals surface area contributed by atoms with Crippen LogP contribution >= 0.6 is 22.9 Å². The number of halogens is 1. The third kappa shape index (κ3) is 5.51. The lowest BCUT2D eigenvalue weighted by Crippen LogP contribution is -2.48. The molecule has 178 valence electrons. The number of anilines is 1. The van der Waals surface area contributed by atoms with E-state index in [1.807, 2.05) is 49.1 Å². The van der Waals surface area contributed by atoms with Crippen molar-refractivity contribution >= 4 is 40.7 Å². The number of ether oxygens (including phenoxy) is 1. The lowest BCUT2D eigenvalue weighted by molar-refractivity contribution is 0.0697. The van der Waals surface area contributed by atoms with E-state index in [4.69, 9.17) is 16.3 Å². The summed E-state index contributed by atoms with van der Waals surface area (Å²) in [5.41, 5.74) is 3.69. The number of aromatic carboxylic acids is 1. The molecule has 0 radical (unpaired) electrons. The number of nitrogens with one attached hydrogen (secondary N) is 1. The fraction of sp³-hybridized carbons (Fsp3) is 0.320. The first kappa shape index (κ1) is 24.0. The first-order valence-corrected chi connectivity index (χ1v) is 12.2. The van der Waals surface area contributed by atoms with E-state index in [0.717, 1.165) is 46.1 Å². The standard InChI is InChI=1S/C25H26ClN3O4S/c1-15-5-3-7-20(24(30)31)22(15)29-12-4-6-19(13-29)28-25(32)33-14-21-16(2)27-23(34-21)17-8-10-18(26)11-9-17/h3,5,7-11,19H,4,6,12-14H2,1-2H3,(H,28,32)(H,30,31). The summed E-state index contributed by atoms with van der Waals surface area (Å²) in [6.07, 6.45) is 1.16. The Labute approximate surface area is 207 Å². The van der Waals surface area contributed by atoms with Gasteiger partial charge in [0.05, 0.1) is 21.8 Å². The highest BCUT2D eigenvalue weighted by Gasteiger charge is 2.26. The van der Waals surface area contributed by atoms with Crippen molar-refractivity contribution in [3.63, 3.8) is 0 Å². The van der Waals surface area contributed by atoms with Crippen LogP contribution in [0.2, 0.25) is 5.02 Å². The van der Waals surface area contributed by atoms with Crippen LogP contribution in [0.1, 0.15) is 39.3 Å². The maximum atomic E-state index is 12.5. The Balaban J connectivity index is 1.36. The number of thiazole rings is 1. The lowest BCUT2D eigenvalue weighted by Gasteiger charge is -2.36. The van der Waals surface area contributed by atoms with E-state index >= 15 is 0 Å². The number of aromatic nitrogens is 1. The lowest BCUT2D eigenvalue weighted by atomic mass is 10.0. The smallest absolute Gasteiger partial charge is 0.407 e. The van der Waals surface area contributed by atoms with E-state index in [1.165, 1.54) is 11.3 Å². The molecule has 1 atom stereocenters. The van der Waals surface area contributed by atoms with E-state index in [0.29, 0.717) is 17.3 Å². The molecule has 0 bridgehead atoms. The molecule has 3 aromatic rings. The largest absolute Gasteiger partial charge is 0.478 e. The van der Waals surface area contributed by atoms with Crippen LogP contribution in [0, 0.1) is 13.8 Å². The van der Waals surface area contributed by atoms with Gasteiger partial charge in [0.2, 0.25) is 0 Å². The molecule has 0 spiro atoms. The Hall–Kier alpha value is -3.10. The number of para-hydroxylation sites is 1. The predicted octanol–water partition coefficient (Wildman–Crippen LogP) is 5.67. The first-order valence-electron chi connectivity index (χ1n) is 11.0. The van der Waals surface area contributed by atoms with Crippen molar-refractivity contribution in [1.82, 2.24) is 10.3 Å². The van der Waals surface area contributed by atoms with Gasteiger partial charge in [0.1, 0.15) is 11.6 Å². The van der Waals surface area contributed by atoms with Crippen LogP contribution in [0.25, 0.3) is 10.6 Å². The second-order valence-corrected chi connectivity index (χ2v) is 9.84. The number of carboxylic acid groups (broad SMARTS) is 1. The Morgan fingerprint density at radius 1 is 1.24 bits per heavy atom. The van der Waals surface area contributed by atoms with Gasteiger partial charge in [-0.05, 0) is 50.5 Å². The molecular formula is C25H26ClN3O4S. The second-order valence-electron chi connectivity index (χ2n) is 8.32. The number of carboxylic acids is 1. The molecule has 1 unspecified atom stereocenters. The van der Waals surface area contributed by atoms with Gasteiger partial charge in [-0.25, -0.2) is 14.6 Å². The maximum absolute atomic E-state index is 12.5. The molecule has 1 aliphatic heterocycles. The molecule has 4 rings (SSSR count). The minimum absolute atomic E-state index is 0.130. The summed E-state index contributed by atoms with van der Waals surface area (Å²) in [4.78, 5) is 31.7. The molecule has 2 N–H and O–H groups in total. The number of alkyl carbamates (subject to hydrolysis) is 1. The van der Waals surface area contributed by atoms with E-state index in [1.54, 1.807) is 12.1 Å². The molecule has 1 saturated heterocycles. The summed E-state index contributed by atoms with van der Waals surface area (Å²) < 4.78 is 5.49. The Morgan fingerprint density at radius 3 is 2.74 bits per heavy atom. The Morgan fingerprint density at radius 2 is 2.00 bits per heavy atom. The van der Waals surface area contributed by atoms with Crippen molar-refractivity contribution < 1.29 is 19.4 Å². The summed E-state index contributed by atoms with van der Waals surface area (Å²) in [6, 6.07) is 12.6. The van der Waals surface area contributed by atoms with Gasteiger partial charge in [-0.1, -0.05) is 35.9 Å². The quantitative estimate of drug-likeness (QED) is 0.453. The fourth-order valence-electron chi connectivity index (χ4n) is 4.17. The molecule has 1 aromatic heterocycles. The summed E-state index contributed by atoms with van der Waals surface area (Å²) in [6.45, 7) is 5.21. The van der Waals surface area contributed by atoms with Gasteiger partial charge in [-0.3, -0.25) is 0 Å². The van der Waals surface area contributed by atoms with Gasteiger partial charge >= 0.3 is 12.1 Å². The summed E-state index contributed by atoms with van der Waals surface area (Å²) in [5.74, 6) is -0.953. The zero-order chi connectivity index (χ0) is 24.2. The summed E-state index contributed by atoms with van der Waals surface area (Å²) >= 11 is 7.45. The van der Waals surface area contributed by atoms with E-state index in [-0.39, 0.29) is 18.2 Å². The van der Waals surface area contributed by atoms with Gasteiger partial charge in [-0.15, -0.1) is 11.3 Å². The van der Waals surface area contributed by atoms with Crippen molar-refractivity contribution in [2.45, 2.75) is 39.3 Å². The molecule has 0 saturated carbocycles. The number of piperidine rings is 1. The number of nitrogens with zero attached hydrogens (tertiary/aromatic N) is 2. The van der Waals surface area contributed by atoms with E-state index in [2.05, 4.69) is 10.3 Å². The number of benzene rings is 2. The maximum Gasteiger partial charge on any atom is 0.407 e. The van der Waals surface area contributed by atoms with Crippen LogP contribution < -0.4 is 10.2 Å². The number of carbonyl (C=O) groups excluding carboxylic acids is 1.